The largest absolute Gasteiger partial charge is 0.472 e. The summed E-state index contributed by atoms with van der Waals surface area (Å²) in [6, 6.07) is 16.1. The van der Waals surface area contributed by atoms with Crippen LogP contribution in [0.25, 0.3) is 10.8 Å². The van der Waals surface area contributed by atoms with Gasteiger partial charge in [0.25, 0.3) is 0 Å². The zero-order chi connectivity index (χ0) is 18.5. The van der Waals surface area contributed by atoms with E-state index in [0.29, 0.717) is 12.4 Å². The summed E-state index contributed by atoms with van der Waals surface area (Å²) in [5.41, 5.74) is 1.02. The molecule has 4 rings (SSSR count). The predicted octanol–water partition coefficient (Wildman–Crippen LogP) is 3.48. The van der Waals surface area contributed by atoms with Crippen LogP contribution < -0.4 is 10.1 Å². The zero-order valence-corrected chi connectivity index (χ0v) is 18.1. The third-order valence-corrected chi connectivity index (χ3v) is 4.75. The molecule has 0 saturated carbocycles. The molecule has 0 bridgehead atoms. The second-order valence-corrected chi connectivity index (χ2v) is 6.52. The lowest BCUT2D eigenvalue weighted by Gasteiger charge is -2.21. The zero-order valence-electron chi connectivity index (χ0n) is 15.8. The van der Waals surface area contributed by atoms with Gasteiger partial charge >= 0.3 is 0 Å². The number of ether oxygens (including phenoxy) is 1. The Morgan fingerprint density at radius 2 is 2.00 bits per heavy atom. The Bertz CT molecular complexity index is 929. The Morgan fingerprint density at radius 3 is 2.82 bits per heavy atom. The molecule has 1 atom stereocenters. The molecule has 28 heavy (non-hydrogen) atoms. The Hall–Kier alpha value is -2.42. The summed E-state index contributed by atoms with van der Waals surface area (Å²) in [5.74, 6) is 1.55. The molecule has 1 aliphatic rings. The number of likely N-dealkylation sites (tertiary alicyclic amines) is 1. The highest BCUT2D eigenvalue weighted by Gasteiger charge is 2.26. The van der Waals surface area contributed by atoms with E-state index in [2.05, 4.69) is 37.3 Å². The highest BCUT2D eigenvalue weighted by Crippen LogP contribution is 2.18. The van der Waals surface area contributed by atoms with Crippen LogP contribution in [-0.2, 0) is 6.54 Å². The maximum absolute atomic E-state index is 5.97. The number of rotatable bonds is 4. The quantitative estimate of drug-likeness (QED) is 0.346. The number of aromatic nitrogens is 2. The van der Waals surface area contributed by atoms with Gasteiger partial charge in [-0.15, -0.1) is 24.0 Å². The number of fused-ring (bicyclic) bond motifs is 1. The van der Waals surface area contributed by atoms with Gasteiger partial charge in [0.1, 0.15) is 6.10 Å². The molecule has 1 aromatic carbocycles. The van der Waals surface area contributed by atoms with E-state index in [1.807, 2.05) is 49.6 Å². The lowest BCUT2D eigenvalue weighted by molar-refractivity contribution is 0.205. The summed E-state index contributed by atoms with van der Waals surface area (Å²) in [6.45, 7) is 2.33. The minimum Gasteiger partial charge on any atom is -0.472 e. The molecule has 3 heterocycles. The number of hydrogen-bond acceptors (Lipinski definition) is 4. The van der Waals surface area contributed by atoms with Gasteiger partial charge in [-0.3, -0.25) is 9.98 Å². The fraction of sp³-hybridized carbons (Fsp3) is 0.286. The van der Waals surface area contributed by atoms with Crippen molar-refractivity contribution in [1.29, 1.82) is 0 Å². The summed E-state index contributed by atoms with van der Waals surface area (Å²) in [5, 5.41) is 5.81. The topological polar surface area (TPSA) is 62.6 Å². The molecule has 6 nitrogen and oxygen atoms in total. The third-order valence-electron chi connectivity index (χ3n) is 4.75. The molecule has 146 valence electrons. The number of aliphatic imine (C=N–C) groups is 1. The van der Waals surface area contributed by atoms with Crippen LogP contribution in [0.3, 0.4) is 0 Å². The molecule has 3 aromatic rings. The lowest BCUT2D eigenvalue weighted by Crippen LogP contribution is -2.40. The Balaban J connectivity index is 0.00000225. The second kappa shape index (κ2) is 9.68. The van der Waals surface area contributed by atoms with Gasteiger partial charge in [-0.25, -0.2) is 4.98 Å². The van der Waals surface area contributed by atoms with Crippen molar-refractivity contribution in [3.8, 4) is 5.88 Å². The third kappa shape index (κ3) is 4.70. The first kappa shape index (κ1) is 20.3. The molecule has 1 N–H and O–H groups in total. The summed E-state index contributed by atoms with van der Waals surface area (Å²) < 4.78 is 5.97. The maximum atomic E-state index is 5.97. The summed E-state index contributed by atoms with van der Waals surface area (Å²) in [4.78, 5) is 15.4. The Kier molecular flexibility index (Phi) is 7.02. The average molecular weight is 489 g/mol. The van der Waals surface area contributed by atoms with Crippen LogP contribution >= 0.6 is 24.0 Å². The molecule has 0 amide bonds. The van der Waals surface area contributed by atoms with E-state index < -0.39 is 0 Å². The van der Waals surface area contributed by atoms with E-state index in [1.165, 1.54) is 10.8 Å². The van der Waals surface area contributed by atoms with Gasteiger partial charge in [0.05, 0.1) is 18.8 Å². The fourth-order valence-corrected chi connectivity index (χ4v) is 3.42. The average Bonchev–Trinajstić information content (AvgIpc) is 3.17. The van der Waals surface area contributed by atoms with Crippen LogP contribution in [0.2, 0.25) is 0 Å². The van der Waals surface area contributed by atoms with Crippen molar-refractivity contribution in [2.75, 3.05) is 20.1 Å². The molecule has 7 heteroatoms. The van der Waals surface area contributed by atoms with E-state index in [9.17, 15) is 0 Å². The predicted molar refractivity (Wildman–Crippen MR) is 122 cm³/mol. The van der Waals surface area contributed by atoms with Crippen molar-refractivity contribution in [3.05, 3.63) is 66.6 Å². The molecular weight excluding hydrogens is 465 g/mol. The Labute approximate surface area is 182 Å². The van der Waals surface area contributed by atoms with Crippen molar-refractivity contribution in [2.45, 2.75) is 19.1 Å². The van der Waals surface area contributed by atoms with Crippen molar-refractivity contribution in [1.82, 2.24) is 20.2 Å². The molecule has 1 unspecified atom stereocenters. The van der Waals surface area contributed by atoms with Gasteiger partial charge in [0.15, 0.2) is 5.96 Å². The van der Waals surface area contributed by atoms with Crippen LogP contribution in [0.4, 0.5) is 0 Å². The van der Waals surface area contributed by atoms with Crippen molar-refractivity contribution >= 4 is 40.7 Å². The minimum atomic E-state index is 0. The smallest absolute Gasteiger partial charge is 0.213 e. The number of halogens is 1. The first-order chi connectivity index (χ1) is 13.3. The van der Waals surface area contributed by atoms with Gasteiger partial charge in [0, 0.05) is 43.9 Å². The van der Waals surface area contributed by atoms with Crippen molar-refractivity contribution < 1.29 is 4.74 Å². The number of nitrogens with one attached hydrogen (secondary N) is 1. The monoisotopic (exact) mass is 489 g/mol. The number of nitrogens with zero attached hydrogens (tertiary/aromatic N) is 4. The fourth-order valence-electron chi connectivity index (χ4n) is 3.42. The van der Waals surface area contributed by atoms with Gasteiger partial charge in [-0.2, -0.15) is 0 Å². The number of pyridine rings is 2. The van der Waals surface area contributed by atoms with Crippen molar-refractivity contribution in [2.24, 2.45) is 4.99 Å². The molecule has 1 saturated heterocycles. The highest BCUT2D eigenvalue weighted by atomic mass is 127. The van der Waals surface area contributed by atoms with Gasteiger partial charge in [-0.1, -0.05) is 30.3 Å². The first-order valence-corrected chi connectivity index (χ1v) is 9.19. The van der Waals surface area contributed by atoms with E-state index in [-0.39, 0.29) is 30.1 Å². The van der Waals surface area contributed by atoms with Crippen LogP contribution in [-0.4, -0.2) is 47.1 Å². The van der Waals surface area contributed by atoms with Gasteiger partial charge < -0.3 is 15.0 Å². The standard InChI is InChI=1S/C21H23N5O.HI/c1-22-21(25-14-19-18-7-3-2-6-16(18)9-12-23-19)26-13-10-17(15-26)27-20-8-4-5-11-24-20;/h2-9,11-12,17H,10,13-15H2,1H3,(H,22,25);1H. The van der Waals surface area contributed by atoms with Crippen molar-refractivity contribution in [3.63, 3.8) is 0 Å². The molecular formula is C21H24IN5O. The highest BCUT2D eigenvalue weighted by molar-refractivity contribution is 14.0. The number of hydrogen-bond donors (Lipinski definition) is 1. The molecule has 1 aliphatic heterocycles. The summed E-state index contributed by atoms with van der Waals surface area (Å²) in [7, 11) is 1.81. The summed E-state index contributed by atoms with van der Waals surface area (Å²) >= 11 is 0. The van der Waals surface area contributed by atoms with Gasteiger partial charge in [0.2, 0.25) is 5.88 Å². The first-order valence-electron chi connectivity index (χ1n) is 9.19. The molecule has 0 aliphatic carbocycles. The lowest BCUT2D eigenvalue weighted by atomic mass is 10.1. The van der Waals surface area contributed by atoms with E-state index in [0.717, 1.165) is 31.2 Å². The molecule has 0 radical (unpaired) electrons. The van der Waals surface area contributed by atoms with E-state index in [1.54, 1.807) is 6.20 Å². The number of benzene rings is 1. The van der Waals surface area contributed by atoms with Crippen LogP contribution in [0.1, 0.15) is 12.1 Å². The van der Waals surface area contributed by atoms with Crippen LogP contribution in [0, 0.1) is 0 Å². The molecule has 0 spiro atoms. The summed E-state index contributed by atoms with van der Waals surface area (Å²) in [6.07, 6.45) is 4.67. The normalized spacial score (nSPS) is 16.7. The van der Waals surface area contributed by atoms with E-state index >= 15 is 0 Å². The van der Waals surface area contributed by atoms with E-state index in [4.69, 9.17) is 4.74 Å². The second-order valence-electron chi connectivity index (χ2n) is 6.52. The SMILES string of the molecule is CN=C(NCc1nccc2ccccc12)N1CCC(Oc2ccccn2)C1.I. The maximum Gasteiger partial charge on any atom is 0.213 e. The Morgan fingerprint density at radius 1 is 1.14 bits per heavy atom. The van der Waals surface area contributed by atoms with Gasteiger partial charge in [-0.05, 0) is 17.5 Å². The van der Waals surface area contributed by atoms with Crippen LogP contribution in [0.15, 0.2) is 65.9 Å². The minimum absolute atomic E-state index is 0. The number of guanidine groups is 1. The molecule has 1 fully saturated rings. The van der Waals surface area contributed by atoms with Crippen LogP contribution in [0.5, 0.6) is 5.88 Å². The molecule has 2 aromatic heterocycles.